The third-order valence-corrected chi connectivity index (χ3v) is 3.39. The summed E-state index contributed by atoms with van der Waals surface area (Å²) in [5, 5.41) is 14.5. The van der Waals surface area contributed by atoms with Crippen molar-refractivity contribution < 1.29 is 19.5 Å². The van der Waals surface area contributed by atoms with Gasteiger partial charge in [-0.3, -0.25) is 9.59 Å². The summed E-state index contributed by atoms with van der Waals surface area (Å²) in [6, 6.07) is 3.18. The van der Waals surface area contributed by atoms with Gasteiger partial charge >= 0.3 is 5.97 Å². The predicted octanol–water partition coefficient (Wildman–Crippen LogP) is 2.49. The van der Waals surface area contributed by atoms with Crippen LogP contribution in [0, 0.1) is 19.3 Å². The molecule has 0 unspecified atom stereocenters. The minimum atomic E-state index is -1.03. The van der Waals surface area contributed by atoms with E-state index in [2.05, 4.69) is 10.6 Å². The van der Waals surface area contributed by atoms with E-state index in [1.165, 1.54) is 6.07 Å². The molecule has 0 saturated heterocycles. The van der Waals surface area contributed by atoms with Crippen LogP contribution >= 0.6 is 0 Å². The van der Waals surface area contributed by atoms with Crippen LogP contribution in [0.25, 0.3) is 0 Å². The second kappa shape index (κ2) is 7.26. The zero-order chi connectivity index (χ0) is 17.8. The van der Waals surface area contributed by atoms with Gasteiger partial charge in [-0.05, 0) is 31.0 Å². The summed E-state index contributed by atoms with van der Waals surface area (Å²) in [5.41, 5.74) is 1.57. The van der Waals surface area contributed by atoms with Gasteiger partial charge in [0.25, 0.3) is 0 Å². The van der Waals surface area contributed by atoms with E-state index in [4.69, 9.17) is 5.11 Å². The fourth-order valence-electron chi connectivity index (χ4n) is 1.98. The number of carbonyl (C=O) groups is 3. The summed E-state index contributed by atoms with van der Waals surface area (Å²) in [6.45, 7) is 9.14. The van der Waals surface area contributed by atoms with Crippen molar-refractivity contribution in [1.29, 1.82) is 0 Å². The van der Waals surface area contributed by atoms with Gasteiger partial charge in [0.2, 0.25) is 11.8 Å². The number of rotatable bonds is 5. The number of hydrogen-bond acceptors (Lipinski definition) is 3. The third kappa shape index (κ3) is 5.39. The van der Waals surface area contributed by atoms with Gasteiger partial charge in [-0.25, -0.2) is 4.79 Å². The largest absolute Gasteiger partial charge is 0.478 e. The molecule has 1 aromatic rings. The zero-order valence-electron chi connectivity index (χ0n) is 14.2. The van der Waals surface area contributed by atoms with E-state index < -0.39 is 11.4 Å². The Labute approximate surface area is 136 Å². The lowest BCUT2D eigenvalue weighted by atomic mass is 9.96. The number of amides is 2. The van der Waals surface area contributed by atoms with Crippen LogP contribution in [0.15, 0.2) is 12.1 Å². The second-order valence-corrected chi connectivity index (χ2v) is 6.59. The monoisotopic (exact) mass is 320 g/mol. The van der Waals surface area contributed by atoms with E-state index >= 15 is 0 Å². The molecule has 0 saturated carbocycles. The number of carboxylic acid groups (broad SMARTS) is 1. The number of carboxylic acids is 1. The smallest absolute Gasteiger partial charge is 0.336 e. The molecule has 1 aromatic carbocycles. The quantitative estimate of drug-likeness (QED) is 0.776. The molecular formula is C17H24N2O4. The van der Waals surface area contributed by atoms with Crippen molar-refractivity contribution in [1.82, 2.24) is 5.32 Å². The molecule has 1 rings (SSSR count). The van der Waals surface area contributed by atoms with Crippen LogP contribution in [-0.2, 0) is 9.59 Å². The SMILES string of the molecule is Cc1cc(C)c(C(=O)O)cc1NC(=O)CCNC(=O)C(C)(C)C. The van der Waals surface area contributed by atoms with Gasteiger partial charge in [0.05, 0.1) is 5.56 Å². The normalized spacial score (nSPS) is 11.0. The highest BCUT2D eigenvalue weighted by Gasteiger charge is 2.20. The fraction of sp³-hybridized carbons (Fsp3) is 0.471. The van der Waals surface area contributed by atoms with Crippen molar-refractivity contribution in [3.8, 4) is 0 Å². The van der Waals surface area contributed by atoms with Gasteiger partial charge in [0.15, 0.2) is 0 Å². The Balaban J connectivity index is 2.66. The Morgan fingerprint density at radius 1 is 1.09 bits per heavy atom. The van der Waals surface area contributed by atoms with E-state index in [1.54, 1.807) is 40.7 Å². The first-order valence-electron chi connectivity index (χ1n) is 7.45. The van der Waals surface area contributed by atoms with Crippen LogP contribution in [0.1, 0.15) is 48.7 Å². The summed E-state index contributed by atoms with van der Waals surface area (Å²) in [6.07, 6.45) is 0.123. The number of hydrogen-bond donors (Lipinski definition) is 3. The van der Waals surface area contributed by atoms with Crippen LogP contribution in [-0.4, -0.2) is 29.4 Å². The van der Waals surface area contributed by atoms with Crippen LogP contribution in [0.5, 0.6) is 0 Å². The lowest BCUT2D eigenvalue weighted by Gasteiger charge is -2.17. The Kier molecular flexibility index (Phi) is 5.90. The van der Waals surface area contributed by atoms with E-state index in [0.29, 0.717) is 11.3 Å². The molecule has 0 aliphatic rings. The van der Waals surface area contributed by atoms with Crippen LogP contribution in [0.3, 0.4) is 0 Å². The van der Waals surface area contributed by atoms with Gasteiger partial charge in [0, 0.05) is 24.1 Å². The molecule has 23 heavy (non-hydrogen) atoms. The molecule has 0 atom stereocenters. The highest BCUT2D eigenvalue weighted by atomic mass is 16.4. The number of anilines is 1. The molecule has 6 nitrogen and oxygen atoms in total. The molecule has 0 aromatic heterocycles. The Bertz CT molecular complexity index is 630. The Hall–Kier alpha value is -2.37. The number of carbonyl (C=O) groups excluding carboxylic acids is 2. The molecule has 0 heterocycles. The third-order valence-electron chi connectivity index (χ3n) is 3.39. The molecule has 2 amide bonds. The number of aromatic carboxylic acids is 1. The molecule has 0 fully saturated rings. The predicted molar refractivity (Wildman–Crippen MR) is 88.6 cm³/mol. The molecule has 6 heteroatoms. The molecular weight excluding hydrogens is 296 g/mol. The summed E-state index contributed by atoms with van der Waals surface area (Å²) < 4.78 is 0. The molecule has 0 aliphatic carbocycles. The van der Waals surface area contributed by atoms with E-state index in [1.807, 2.05) is 0 Å². The van der Waals surface area contributed by atoms with Gasteiger partial charge in [-0.2, -0.15) is 0 Å². The zero-order valence-corrected chi connectivity index (χ0v) is 14.2. The fourth-order valence-corrected chi connectivity index (χ4v) is 1.98. The van der Waals surface area contributed by atoms with E-state index in [-0.39, 0.29) is 30.3 Å². The molecule has 0 radical (unpaired) electrons. The molecule has 0 bridgehead atoms. The summed E-state index contributed by atoms with van der Waals surface area (Å²) >= 11 is 0. The first kappa shape index (κ1) is 18.7. The molecule has 0 spiro atoms. The number of aryl methyl sites for hydroxylation is 2. The first-order valence-corrected chi connectivity index (χ1v) is 7.45. The van der Waals surface area contributed by atoms with Crippen LogP contribution < -0.4 is 10.6 Å². The summed E-state index contributed by atoms with van der Waals surface area (Å²) in [7, 11) is 0. The van der Waals surface area contributed by atoms with Crippen LogP contribution in [0.4, 0.5) is 5.69 Å². The van der Waals surface area contributed by atoms with Crippen molar-refractivity contribution in [2.24, 2.45) is 5.41 Å². The van der Waals surface area contributed by atoms with Gasteiger partial charge < -0.3 is 15.7 Å². The maximum atomic E-state index is 12.0. The summed E-state index contributed by atoms with van der Waals surface area (Å²) in [4.78, 5) is 34.8. The average molecular weight is 320 g/mol. The van der Waals surface area contributed by atoms with Crippen molar-refractivity contribution in [2.45, 2.75) is 41.0 Å². The van der Waals surface area contributed by atoms with E-state index in [9.17, 15) is 14.4 Å². The maximum absolute atomic E-state index is 12.0. The van der Waals surface area contributed by atoms with Crippen molar-refractivity contribution in [3.05, 3.63) is 28.8 Å². The first-order chi connectivity index (χ1) is 10.5. The van der Waals surface area contributed by atoms with Gasteiger partial charge in [-0.15, -0.1) is 0 Å². The average Bonchev–Trinajstić information content (AvgIpc) is 2.40. The van der Waals surface area contributed by atoms with E-state index in [0.717, 1.165) is 5.56 Å². The minimum absolute atomic E-state index is 0.120. The number of benzene rings is 1. The second-order valence-electron chi connectivity index (χ2n) is 6.59. The van der Waals surface area contributed by atoms with Crippen molar-refractivity contribution in [2.75, 3.05) is 11.9 Å². The van der Waals surface area contributed by atoms with Gasteiger partial charge in [0.1, 0.15) is 0 Å². The van der Waals surface area contributed by atoms with Gasteiger partial charge in [-0.1, -0.05) is 26.8 Å². The minimum Gasteiger partial charge on any atom is -0.478 e. The topological polar surface area (TPSA) is 95.5 Å². The van der Waals surface area contributed by atoms with Crippen LogP contribution in [0.2, 0.25) is 0 Å². The molecule has 126 valence electrons. The number of nitrogens with one attached hydrogen (secondary N) is 2. The van der Waals surface area contributed by atoms with Crippen molar-refractivity contribution >= 4 is 23.5 Å². The highest BCUT2D eigenvalue weighted by molar-refractivity contribution is 5.95. The standard InChI is InChI=1S/C17H24N2O4/c1-10-8-11(2)13(9-12(10)15(21)22)19-14(20)6-7-18-16(23)17(3,4)5/h8-9H,6-7H2,1-5H3,(H,18,23)(H,19,20)(H,21,22). The lowest BCUT2D eigenvalue weighted by Crippen LogP contribution is -2.36. The van der Waals surface area contributed by atoms with Crippen molar-refractivity contribution in [3.63, 3.8) is 0 Å². The maximum Gasteiger partial charge on any atom is 0.336 e. The molecule has 3 N–H and O–H groups in total. The highest BCUT2D eigenvalue weighted by Crippen LogP contribution is 2.21. The summed E-state index contributed by atoms with van der Waals surface area (Å²) in [5.74, 6) is -1.43. The Morgan fingerprint density at radius 3 is 2.22 bits per heavy atom. The lowest BCUT2D eigenvalue weighted by molar-refractivity contribution is -0.128. The Morgan fingerprint density at radius 2 is 1.70 bits per heavy atom. The molecule has 0 aliphatic heterocycles.